The van der Waals surface area contributed by atoms with Gasteiger partial charge in [-0.25, -0.2) is 5.10 Å². The molecule has 0 radical (unpaired) electrons. The van der Waals surface area contributed by atoms with Crippen molar-refractivity contribution in [3.8, 4) is 0 Å². The highest BCUT2D eigenvalue weighted by atomic mass is 16.1. The van der Waals surface area contributed by atoms with Crippen molar-refractivity contribution in [2.75, 3.05) is 0 Å². The lowest BCUT2D eigenvalue weighted by Crippen LogP contribution is -2.11. The summed E-state index contributed by atoms with van der Waals surface area (Å²) in [5.41, 5.74) is 0.824. The van der Waals surface area contributed by atoms with Crippen molar-refractivity contribution < 1.29 is 0 Å². The van der Waals surface area contributed by atoms with Crippen molar-refractivity contribution >= 4 is 10.8 Å². The Kier molecular flexibility index (Phi) is 2.08. The third kappa shape index (κ3) is 1.31. The number of hydrogen-bond donors (Lipinski definition) is 1. The Morgan fingerprint density at radius 3 is 2.50 bits per heavy atom. The fourth-order valence-corrected chi connectivity index (χ4v) is 1.58. The van der Waals surface area contributed by atoms with E-state index < -0.39 is 0 Å². The molecule has 0 aliphatic rings. The fraction of sp³-hybridized carbons (Fsp3) is 0.273. The van der Waals surface area contributed by atoms with E-state index in [4.69, 9.17) is 0 Å². The summed E-state index contributed by atoms with van der Waals surface area (Å²) in [5, 5.41) is 8.25. The summed E-state index contributed by atoms with van der Waals surface area (Å²) in [7, 11) is 0. The molecule has 0 fully saturated rings. The van der Waals surface area contributed by atoms with E-state index in [-0.39, 0.29) is 5.56 Å². The normalized spacial score (nSPS) is 11.1. The highest BCUT2D eigenvalue weighted by Crippen LogP contribution is 2.19. The van der Waals surface area contributed by atoms with E-state index in [1.54, 1.807) is 0 Å². The van der Waals surface area contributed by atoms with E-state index >= 15 is 0 Å². The molecule has 0 aliphatic carbocycles. The topological polar surface area (TPSA) is 45.8 Å². The highest BCUT2D eigenvalue weighted by Gasteiger charge is 2.08. The van der Waals surface area contributed by atoms with Gasteiger partial charge < -0.3 is 0 Å². The average molecular weight is 188 g/mol. The second-order valence-corrected chi connectivity index (χ2v) is 3.64. The Balaban J connectivity index is 2.89. The lowest BCUT2D eigenvalue weighted by atomic mass is 10.0. The minimum Gasteiger partial charge on any atom is -0.267 e. The van der Waals surface area contributed by atoms with Crippen LogP contribution in [0.15, 0.2) is 29.1 Å². The lowest BCUT2D eigenvalue weighted by Gasteiger charge is -2.06. The first-order valence-electron chi connectivity index (χ1n) is 4.67. The number of aromatic nitrogens is 2. The van der Waals surface area contributed by atoms with Gasteiger partial charge in [0.2, 0.25) is 0 Å². The van der Waals surface area contributed by atoms with E-state index in [1.807, 2.05) is 24.3 Å². The lowest BCUT2D eigenvalue weighted by molar-refractivity contribution is 0.792. The Morgan fingerprint density at radius 2 is 1.86 bits per heavy atom. The standard InChI is InChI=1S/C11H12N2O/c1-7(2)10-8-5-3-4-6-9(8)11(14)13-12-10/h3-7H,1-2H3,(H,13,14). The molecule has 0 saturated heterocycles. The summed E-state index contributed by atoms with van der Waals surface area (Å²) < 4.78 is 0. The van der Waals surface area contributed by atoms with Crippen LogP contribution in [0.3, 0.4) is 0 Å². The molecule has 0 atom stereocenters. The zero-order chi connectivity index (χ0) is 10.1. The van der Waals surface area contributed by atoms with E-state index in [0.29, 0.717) is 11.3 Å². The van der Waals surface area contributed by atoms with Crippen LogP contribution in [0.2, 0.25) is 0 Å². The molecule has 3 heteroatoms. The zero-order valence-electron chi connectivity index (χ0n) is 8.24. The molecule has 0 bridgehead atoms. The summed E-state index contributed by atoms with van der Waals surface area (Å²) in [6.07, 6.45) is 0. The van der Waals surface area contributed by atoms with Gasteiger partial charge in [0, 0.05) is 5.39 Å². The van der Waals surface area contributed by atoms with Gasteiger partial charge in [0.1, 0.15) is 0 Å². The maximum atomic E-state index is 11.4. The van der Waals surface area contributed by atoms with Crippen LogP contribution in [-0.2, 0) is 0 Å². The Bertz CT molecular complexity index is 514. The smallest absolute Gasteiger partial charge is 0.267 e. The molecule has 0 amide bonds. The van der Waals surface area contributed by atoms with Crippen molar-refractivity contribution in [2.45, 2.75) is 19.8 Å². The molecular weight excluding hydrogens is 176 g/mol. The molecule has 2 rings (SSSR count). The molecule has 3 nitrogen and oxygen atoms in total. The monoisotopic (exact) mass is 188 g/mol. The summed E-state index contributed by atoms with van der Waals surface area (Å²) in [6.45, 7) is 4.13. The first-order chi connectivity index (χ1) is 6.70. The molecule has 0 unspecified atom stereocenters. The van der Waals surface area contributed by atoms with E-state index in [0.717, 1.165) is 11.1 Å². The summed E-state index contributed by atoms with van der Waals surface area (Å²) in [4.78, 5) is 11.4. The Morgan fingerprint density at radius 1 is 1.21 bits per heavy atom. The van der Waals surface area contributed by atoms with Crippen LogP contribution in [0.25, 0.3) is 10.8 Å². The van der Waals surface area contributed by atoms with Crippen LogP contribution in [0.5, 0.6) is 0 Å². The number of hydrogen-bond acceptors (Lipinski definition) is 2. The SMILES string of the molecule is CC(C)c1n[nH]c(=O)c2ccccc12. The van der Waals surface area contributed by atoms with Crippen LogP contribution in [0.1, 0.15) is 25.5 Å². The molecule has 2 aromatic rings. The molecule has 1 heterocycles. The predicted octanol–water partition coefficient (Wildman–Crippen LogP) is 2.05. The van der Waals surface area contributed by atoms with Crippen molar-refractivity contribution in [2.24, 2.45) is 0 Å². The van der Waals surface area contributed by atoms with Crippen molar-refractivity contribution in [3.63, 3.8) is 0 Å². The number of fused-ring (bicyclic) bond motifs is 1. The van der Waals surface area contributed by atoms with Gasteiger partial charge in [-0.2, -0.15) is 5.10 Å². The van der Waals surface area contributed by atoms with Crippen molar-refractivity contribution in [1.82, 2.24) is 10.2 Å². The molecular formula is C11H12N2O. The predicted molar refractivity (Wildman–Crippen MR) is 56.5 cm³/mol. The minimum absolute atomic E-state index is 0.120. The van der Waals surface area contributed by atoms with E-state index in [2.05, 4.69) is 24.0 Å². The van der Waals surface area contributed by atoms with Gasteiger partial charge in [0.25, 0.3) is 5.56 Å². The van der Waals surface area contributed by atoms with E-state index in [1.165, 1.54) is 0 Å². The average Bonchev–Trinajstić information content (AvgIpc) is 2.18. The van der Waals surface area contributed by atoms with Crippen molar-refractivity contribution in [1.29, 1.82) is 0 Å². The number of nitrogens with one attached hydrogen (secondary N) is 1. The molecule has 1 aromatic heterocycles. The quantitative estimate of drug-likeness (QED) is 0.744. The number of H-pyrrole nitrogens is 1. The zero-order valence-corrected chi connectivity index (χ0v) is 8.24. The molecule has 14 heavy (non-hydrogen) atoms. The van der Waals surface area contributed by atoms with Crippen molar-refractivity contribution in [3.05, 3.63) is 40.3 Å². The number of nitrogens with zero attached hydrogens (tertiary/aromatic N) is 1. The summed E-state index contributed by atoms with van der Waals surface area (Å²) in [5.74, 6) is 0.316. The van der Waals surface area contributed by atoms with Gasteiger partial charge in [-0.15, -0.1) is 0 Å². The molecule has 72 valence electrons. The number of benzene rings is 1. The number of rotatable bonds is 1. The minimum atomic E-state index is -0.120. The molecule has 1 N–H and O–H groups in total. The van der Waals surface area contributed by atoms with Crippen LogP contribution >= 0.6 is 0 Å². The first-order valence-corrected chi connectivity index (χ1v) is 4.67. The van der Waals surface area contributed by atoms with Gasteiger partial charge in [0.05, 0.1) is 11.1 Å². The van der Waals surface area contributed by atoms with Crippen LogP contribution < -0.4 is 5.56 Å². The molecule has 0 saturated carbocycles. The summed E-state index contributed by atoms with van der Waals surface area (Å²) >= 11 is 0. The van der Waals surface area contributed by atoms with Crippen LogP contribution in [0, 0.1) is 0 Å². The second-order valence-electron chi connectivity index (χ2n) is 3.64. The largest absolute Gasteiger partial charge is 0.272 e. The van der Waals surface area contributed by atoms with Crippen LogP contribution in [-0.4, -0.2) is 10.2 Å². The number of aromatic amines is 1. The van der Waals surface area contributed by atoms with Gasteiger partial charge >= 0.3 is 0 Å². The maximum Gasteiger partial charge on any atom is 0.272 e. The second kappa shape index (κ2) is 3.25. The maximum absolute atomic E-state index is 11.4. The van der Waals surface area contributed by atoms with E-state index in [9.17, 15) is 4.79 Å². The molecule has 0 spiro atoms. The fourth-order valence-electron chi connectivity index (χ4n) is 1.58. The Hall–Kier alpha value is -1.64. The third-order valence-electron chi connectivity index (χ3n) is 2.27. The van der Waals surface area contributed by atoms with Gasteiger partial charge in [0.15, 0.2) is 0 Å². The van der Waals surface area contributed by atoms with Gasteiger partial charge in [-0.05, 0) is 12.0 Å². The molecule has 1 aromatic carbocycles. The van der Waals surface area contributed by atoms with Gasteiger partial charge in [-0.3, -0.25) is 4.79 Å². The van der Waals surface area contributed by atoms with Gasteiger partial charge in [-0.1, -0.05) is 32.0 Å². The Labute approximate surface area is 81.8 Å². The highest BCUT2D eigenvalue weighted by molar-refractivity contribution is 5.83. The summed E-state index contributed by atoms with van der Waals surface area (Å²) in [6, 6.07) is 7.55. The molecule has 0 aliphatic heterocycles. The van der Waals surface area contributed by atoms with Crippen LogP contribution in [0.4, 0.5) is 0 Å². The third-order valence-corrected chi connectivity index (χ3v) is 2.27. The first kappa shape index (κ1) is 8.94.